The lowest BCUT2D eigenvalue weighted by Gasteiger charge is -2.03. The van der Waals surface area contributed by atoms with Crippen LogP contribution in [0.2, 0.25) is 0 Å². The van der Waals surface area contributed by atoms with Gasteiger partial charge in [0.25, 0.3) is 0 Å². The first-order valence-corrected chi connectivity index (χ1v) is 9.85. The number of rotatable bonds is 4. The van der Waals surface area contributed by atoms with Crippen LogP contribution in [-0.4, -0.2) is 25.8 Å². The van der Waals surface area contributed by atoms with Gasteiger partial charge in [0.1, 0.15) is 22.7 Å². The molecule has 0 saturated heterocycles. The summed E-state index contributed by atoms with van der Waals surface area (Å²) in [5.41, 5.74) is 2.76. The molecule has 0 spiro atoms. The van der Waals surface area contributed by atoms with Crippen molar-refractivity contribution < 1.29 is 0 Å². The van der Waals surface area contributed by atoms with E-state index in [2.05, 4.69) is 52.6 Å². The van der Waals surface area contributed by atoms with Crippen LogP contribution in [0, 0.1) is 0 Å². The number of aromatic nitrogens is 4. The minimum Gasteiger partial charge on any atom is -0.312 e. The molecule has 0 saturated carbocycles. The molecule has 124 valence electrons. The Morgan fingerprint density at radius 1 is 0.880 bits per heavy atom. The van der Waals surface area contributed by atoms with Gasteiger partial charge in [-0.3, -0.25) is 0 Å². The zero-order chi connectivity index (χ0) is 17.2. The Morgan fingerprint density at radius 3 is 2.36 bits per heavy atom. The largest absolute Gasteiger partial charge is 0.312 e. The van der Waals surface area contributed by atoms with Gasteiger partial charge in [-0.2, -0.15) is 0 Å². The molecule has 0 radical (unpaired) electrons. The fourth-order valence-electron chi connectivity index (χ4n) is 2.65. The molecule has 0 unspecified atom stereocenters. The Morgan fingerprint density at radius 2 is 1.64 bits per heavy atom. The highest BCUT2D eigenvalue weighted by Crippen LogP contribution is 2.32. The van der Waals surface area contributed by atoms with E-state index in [9.17, 15) is 0 Å². The number of benzene rings is 2. The van der Waals surface area contributed by atoms with Crippen LogP contribution in [0.5, 0.6) is 0 Å². The van der Waals surface area contributed by atoms with Crippen molar-refractivity contribution in [3.8, 4) is 11.4 Å². The van der Waals surface area contributed by atoms with Gasteiger partial charge in [-0.05, 0) is 30.5 Å². The monoisotopic (exact) mass is 364 g/mol. The normalized spacial score (nSPS) is 11.1. The molecule has 4 rings (SSSR count). The Labute approximate surface area is 154 Å². The lowest BCUT2D eigenvalue weighted by atomic mass is 10.2. The summed E-state index contributed by atoms with van der Waals surface area (Å²) in [5, 5.41) is 0.874. The van der Waals surface area contributed by atoms with Gasteiger partial charge in [0.05, 0.1) is 0 Å². The smallest absolute Gasteiger partial charge is 0.164 e. The van der Waals surface area contributed by atoms with E-state index in [0.717, 1.165) is 32.5 Å². The number of hydrogen-bond acceptors (Lipinski definition) is 5. The molecule has 0 N–H and O–H groups in total. The molecule has 4 aromatic rings. The number of hydrogen-bond donors (Lipinski definition) is 0. The van der Waals surface area contributed by atoms with Gasteiger partial charge >= 0.3 is 0 Å². The van der Waals surface area contributed by atoms with E-state index in [4.69, 9.17) is 4.98 Å². The fraction of sp³-hybridized carbons (Fsp3) is 0.105. The van der Waals surface area contributed by atoms with Gasteiger partial charge in [-0.1, -0.05) is 42.1 Å². The first kappa shape index (κ1) is 16.2. The zero-order valence-corrected chi connectivity index (χ0v) is 15.5. The van der Waals surface area contributed by atoms with Crippen LogP contribution in [0.4, 0.5) is 0 Å². The molecule has 0 amide bonds. The van der Waals surface area contributed by atoms with E-state index in [1.165, 1.54) is 4.90 Å². The van der Waals surface area contributed by atoms with Crippen LogP contribution in [-0.2, 0) is 7.05 Å². The SMILES string of the molecule is CSc1ccc(-c2nc3c(Sc4ccccc4)ncnc3n2C)cc1. The van der Waals surface area contributed by atoms with E-state index in [-0.39, 0.29) is 0 Å². The van der Waals surface area contributed by atoms with Crippen LogP contribution >= 0.6 is 23.5 Å². The first-order valence-electron chi connectivity index (χ1n) is 7.81. The maximum Gasteiger partial charge on any atom is 0.164 e. The Bertz CT molecular complexity index is 1010. The molecule has 2 heterocycles. The number of nitrogens with zero attached hydrogens (tertiary/aromatic N) is 4. The second kappa shape index (κ2) is 6.90. The van der Waals surface area contributed by atoms with Gasteiger partial charge in [0, 0.05) is 22.4 Å². The summed E-state index contributed by atoms with van der Waals surface area (Å²) < 4.78 is 2.03. The van der Waals surface area contributed by atoms with Crippen LogP contribution in [0.1, 0.15) is 0 Å². The first-order chi connectivity index (χ1) is 12.3. The van der Waals surface area contributed by atoms with Gasteiger partial charge < -0.3 is 4.57 Å². The van der Waals surface area contributed by atoms with Crippen molar-refractivity contribution in [2.45, 2.75) is 14.8 Å². The zero-order valence-electron chi connectivity index (χ0n) is 13.9. The van der Waals surface area contributed by atoms with Gasteiger partial charge in [-0.15, -0.1) is 11.8 Å². The quantitative estimate of drug-likeness (QED) is 0.380. The predicted octanol–water partition coefficient (Wildman–Crippen LogP) is 4.90. The maximum atomic E-state index is 4.84. The van der Waals surface area contributed by atoms with Crippen molar-refractivity contribution in [3.05, 3.63) is 60.9 Å². The highest BCUT2D eigenvalue weighted by atomic mass is 32.2. The summed E-state index contributed by atoms with van der Waals surface area (Å²) in [4.78, 5) is 16.1. The summed E-state index contributed by atoms with van der Waals surface area (Å²) in [7, 11) is 2.00. The molecule has 0 aliphatic rings. The molecule has 0 aliphatic carbocycles. The van der Waals surface area contributed by atoms with Crippen LogP contribution in [0.15, 0.2) is 75.7 Å². The van der Waals surface area contributed by atoms with Crippen molar-refractivity contribution >= 4 is 34.7 Å². The maximum absolute atomic E-state index is 4.84. The Hall–Kier alpha value is -2.31. The topological polar surface area (TPSA) is 43.6 Å². The van der Waals surface area contributed by atoms with E-state index in [1.807, 2.05) is 29.8 Å². The van der Waals surface area contributed by atoms with E-state index in [1.54, 1.807) is 29.9 Å². The molecule has 2 aromatic heterocycles. The number of thioether (sulfide) groups is 1. The number of aryl methyl sites for hydroxylation is 1. The highest BCUT2D eigenvalue weighted by Gasteiger charge is 2.15. The predicted molar refractivity (Wildman–Crippen MR) is 104 cm³/mol. The molecule has 6 heteroatoms. The van der Waals surface area contributed by atoms with Crippen LogP contribution < -0.4 is 0 Å². The highest BCUT2D eigenvalue weighted by molar-refractivity contribution is 7.99. The van der Waals surface area contributed by atoms with Crippen molar-refractivity contribution in [2.75, 3.05) is 6.26 Å². The fourth-order valence-corrected chi connectivity index (χ4v) is 3.91. The third-order valence-electron chi connectivity index (χ3n) is 3.93. The second-order valence-corrected chi connectivity index (χ2v) is 7.43. The summed E-state index contributed by atoms with van der Waals surface area (Å²) >= 11 is 3.34. The van der Waals surface area contributed by atoms with Crippen molar-refractivity contribution in [3.63, 3.8) is 0 Å². The molecule has 25 heavy (non-hydrogen) atoms. The Balaban J connectivity index is 1.79. The molecular weight excluding hydrogens is 348 g/mol. The third kappa shape index (κ3) is 3.15. The molecule has 0 bridgehead atoms. The summed E-state index contributed by atoms with van der Waals surface area (Å²) in [5.74, 6) is 0.901. The van der Waals surface area contributed by atoms with E-state index in [0.29, 0.717) is 0 Å². The van der Waals surface area contributed by atoms with Crippen molar-refractivity contribution in [1.29, 1.82) is 0 Å². The third-order valence-corrected chi connectivity index (χ3v) is 5.67. The van der Waals surface area contributed by atoms with Gasteiger partial charge in [0.15, 0.2) is 5.65 Å². The second-order valence-electron chi connectivity index (χ2n) is 5.49. The van der Waals surface area contributed by atoms with Crippen molar-refractivity contribution in [2.24, 2.45) is 7.05 Å². The summed E-state index contributed by atoms with van der Waals surface area (Å²) in [6.07, 6.45) is 3.68. The lowest BCUT2D eigenvalue weighted by Crippen LogP contribution is -1.94. The average molecular weight is 364 g/mol. The molecule has 0 aliphatic heterocycles. The molecule has 0 atom stereocenters. The van der Waals surface area contributed by atoms with Gasteiger partial charge in [-0.25, -0.2) is 15.0 Å². The summed E-state index contributed by atoms with van der Waals surface area (Å²) in [6, 6.07) is 18.6. The molecular formula is C19H16N4S2. The standard InChI is InChI=1S/C19H16N4S2/c1-23-17(13-8-10-14(24-2)11-9-13)22-16-18(23)20-12-21-19(16)25-15-6-4-3-5-7-15/h3-12H,1-2H3. The van der Waals surface area contributed by atoms with E-state index >= 15 is 0 Å². The number of fused-ring (bicyclic) bond motifs is 1. The number of imidazole rings is 1. The minimum atomic E-state index is 0.836. The summed E-state index contributed by atoms with van der Waals surface area (Å²) in [6.45, 7) is 0. The Kier molecular flexibility index (Phi) is 4.46. The molecule has 2 aromatic carbocycles. The lowest BCUT2D eigenvalue weighted by molar-refractivity contribution is 0.935. The van der Waals surface area contributed by atoms with Crippen molar-refractivity contribution in [1.82, 2.24) is 19.5 Å². The van der Waals surface area contributed by atoms with Crippen LogP contribution in [0.3, 0.4) is 0 Å². The minimum absolute atomic E-state index is 0.836. The van der Waals surface area contributed by atoms with Gasteiger partial charge in [0.2, 0.25) is 0 Å². The van der Waals surface area contributed by atoms with Crippen LogP contribution in [0.25, 0.3) is 22.6 Å². The molecule has 4 nitrogen and oxygen atoms in total. The van der Waals surface area contributed by atoms with E-state index < -0.39 is 0 Å². The molecule has 0 fully saturated rings. The average Bonchev–Trinajstić information content (AvgIpc) is 3.01.